The smallest absolute Gasteiger partial charge is 0.304 e. The molecule has 0 aromatic heterocycles. The lowest BCUT2D eigenvalue weighted by molar-refractivity contribution is -0.136. The zero-order chi connectivity index (χ0) is 15.8. The molecule has 22 heavy (non-hydrogen) atoms. The van der Waals surface area contributed by atoms with Crippen molar-refractivity contribution in [3.05, 3.63) is 42.0 Å². The molecule has 1 aliphatic rings. The van der Waals surface area contributed by atoms with E-state index in [1.807, 2.05) is 24.3 Å². The van der Waals surface area contributed by atoms with E-state index in [1.54, 1.807) is 11.8 Å². The van der Waals surface area contributed by atoms with Crippen molar-refractivity contribution < 1.29 is 14.7 Å². The van der Waals surface area contributed by atoms with Gasteiger partial charge in [0.15, 0.2) is 0 Å². The van der Waals surface area contributed by atoms with Gasteiger partial charge in [0.25, 0.3) is 0 Å². The Morgan fingerprint density at radius 1 is 1.36 bits per heavy atom. The van der Waals surface area contributed by atoms with Crippen molar-refractivity contribution in [2.24, 2.45) is 5.92 Å². The summed E-state index contributed by atoms with van der Waals surface area (Å²) in [6.45, 7) is 0. The van der Waals surface area contributed by atoms with Gasteiger partial charge in [-0.1, -0.05) is 24.3 Å². The van der Waals surface area contributed by atoms with Crippen LogP contribution in [0.2, 0.25) is 0 Å². The van der Waals surface area contributed by atoms with Gasteiger partial charge >= 0.3 is 5.97 Å². The summed E-state index contributed by atoms with van der Waals surface area (Å²) in [4.78, 5) is 22.5. The predicted molar refractivity (Wildman–Crippen MR) is 90.0 cm³/mol. The van der Waals surface area contributed by atoms with Gasteiger partial charge in [0.2, 0.25) is 5.91 Å². The van der Waals surface area contributed by atoms with Crippen molar-refractivity contribution in [2.75, 3.05) is 11.1 Å². The summed E-state index contributed by atoms with van der Waals surface area (Å²) in [7, 11) is 0. The third kappa shape index (κ3) is 5.93. The molecule has 118 valence electrons. The number of thioether (sulfide) groups is 1. The summed E-state index contributed by atoms with van der Waals surface area (Å²) < 4.78 is 0. The molecule has 0 saturated heterocycles. The van der Waals surface area contributed by atoms with Crippen molar-refractivity contribution in [3.63, 3.8) is 0 Å². The van der Waals surface area contributed by atoms with Gasteiger partial charge in [-0.05, 0) is 36.5 Å². The number of carboxylic acid groups (broad SMARTS) is 1. The molecule has 4 nitrogen and oxygen atoms in total. The highest BCUT2D eigenvalue weighted by Gasteiger charge is 2.14. The zero-order valence-electron chi connectivity index (χ0n) is 12.5. The van der Waals surface area contributed by atoms with Gasteiger partial charge in [-0.15, -0.1) is 0 Å². The quantitative estimate of drug-likeness (QED) is 0.566. The number of allylic oxidation sites excluding steroid dienone is 2. The highest BCUT2D eigenvalue weighted by atomic mass is 32.2. The Morgan fingerprint density at radius 2 is 2.23 bits per heavy atom. The lowest BCUT2D eigenvalue weighted by atomic mass is 10.0. The third-order valence-electron chi connectivity index (χ3n) is 3.50. The SMILES string of the molecule is O=C(O)CCSCc1cccc(NC(=O)CC2C=CCC2)c1. The molecule has 1 amide bonds. The molecule has 1 unspecified atom stereocenters. The maximum Gasteiger partial charge on any atom is 0.304 e. The number of amides is 1. The van der Waals surface area contributed by atoms with E-state index in [1.165, 1.54) is 0 Å². The van der Waals surface area contributed by atoms with E-state index in [4.69, 9.17) is 5.11 Å². The summed E-state index contributed by atoms with van der Waals surface area (Å²) in [6, 6.07) is 7.74. The van der Waals surface area contributed by atoms with Crippen LogP contribution >= 0.6 is 11.8 Å². The standard InChI is InChI=1S/C17H21NO3S/c19-16(11-13-4-1-2-5-13)18-15-7-3-6-14(10-15)12-22-9-8-17(20)21/h1,3-4,6-7,10,13H,2,5,8-9,11-12H2,(H,18,19)(H,20,21). The predicted octanol–water partition coefficient (Wildman–Crippen LogP) is 3.69. The number of benzene rings is 1. The van der Waals surface area contributed by atoms with E-state index in [2.05, 4.69) is 17.5 Å². The molecule has 0 aliphatic heterocycles. The van der Waals surface area contributed by atoms with Crippen molar-refractivity contribution in [1.29, 1.82) is 0 Å². The Bertz CT molecular complexity index is 557. The van der Waals surface area contributed by atoms with Gasteiger partial charge in [-0.2, -0.15) is 11.8 Å². The molecular weight excluding hydrogens is 298 g/mol. The maximum atomic E-state index is 12.0. The Hall–Kier alpha value is -1.75. The number of anilines is 1. The normalized spacial score (nSPS) is 16.6. The summed E-state index contributed by atoms with van der Waals surface area (Å²) in [6.07, 6.45) is 7.10. The minimum Gasteiger partial charge on any atom is -0.481 e. The molecule has 0 spiro atoms. The topological polar surface area (TPSA) is 66.4 Å². The molecule has 0 bridgehead atoms. The number of carbonyl (C=O) groups excluding carboxylic acids is 1. The maximum absolute atomic E-state index is 12.0. The van der Waals surface area contributed by atoms with Gasteiger partial charge < -0.3 is 10.4 Å². The van der Waals surface area contributed by atoms with Crippen LogP contribution in [0.25, 0.3) is 0 Å². The highest BCUT2D eigenvalue weighted by Crippen LogP contribution is 2.22. The third-order valence-corrected chi connectivity index (χ3v) is 4.53. The second-order valence-electron chi connectivity index (χ2n) is 5.41. The molecule has 0 fully saturated rings. The molecule has 1 aromatic carbocycles. The largest absolute Gasteiger partial charge is 0.481 e. The highest BCUT2D eigenvalue weighted by molar-refractivity contribution is 7.98. The fourth-order valence-electron chi connectivity index (χ4n) is 2.40. The molecular formula is C17H21NO3S. The second-order valence-corrected chi connectivity index (χ2v) is 6.52. The molecule has 1 atom stereocenters. The fraction of sp³-hybridized carbons (Fsp3) is 0.412. The van der Waals surface area contributed by atoms with Gasteiger partial charge in [-0.3, -0.25) is 9.59 Å². The Kier molecular flexibility index (Phi) is 6.52. The number of nitrogens with one attached hydrogen (secondary N) is 1. The number of carboxylic acids is 1. The van der Waals surface area contributed by atoms with Crippen LogP contribution in [0.1, 0.15) is 31.2 Å². The molecule has 5 heteroatoms. The minimum absolute atomic E-state index is 0.0484. The van der Waals surface area contributed by atoms with E-state index in [0.29, 0.717) is 18.1 Å². The lowest BCUT2D eigenvalue weighted by Crippen LogP contribution is -2.14. The van der Waals surface area contributed by atoms with Crippen LogP contribution in [0.5, 0.6) is 0 Å². The minimum atomic E-state index is -0.769. The van der Waals surface area contributed by atoms with Crippen LogP contribution in [0, 0.1) is 5.92 Å². The lowest BCUT2D eigenvalue weighted by Gasteiger charge is -2.10. The summed E-state index contributed by atoms with van der Waals surface area (Å²) >= 11 is 1.59. The molecule has 1 aliphatic carbocycles. The summed E-state index contributed by atoms with van der Waals surface area (Å²) in [5, 5.41) is 11.5. The van der Waals surface area contributed by atoms with E-state index in [0.717, 1.165) is 29.8 Å². The number of hydrogen-bond acceptors (Lipinski definition) is 3. The fourth-order valence-corrected chi connectivity index (χ4v) is 3.28. The van der Waals surface area contributed by atoms with Gasteiger partial charge in [0, 0.05) is 23.6 Å². The number of rotatable bonds is 8. The van der Waals surface area contributed by atoms with Crippen LogP contribution in [0.4, 0.5) is 5.69 Å². The van der Waals surface area contributed by atoms with Crippen LogP contribution in [-0.2, 0) is 15.3 Å². The van der Waals surface area contributed by atoms with Gasteiger partial charge in [-0.25, -0.2) is 0 Å². The van der Waals surface area contributed by atoms with Gasteiger partial charge in [0.1, 0.15) is 0 Å². The second kappa shape index (κ2) is 8.63. The van der Waals surface area contributed by atoms with Crippen molar-refractivity contribution in [2.45, 2.75) is 31.4 Å². The molecule has 0 saturated carbocycles. The van der Waals surface area contributed by atoms with Crippen LogP contribution in [0.3, 0.4) is 0 Å². The first-order valence-electron chi connectivity index (χ1n) is 7.48. The molecule has 0 radical (unpaired) electrons. The average Bonchev–Trinajstić information content (AvgIpc) is 2.96. The first kappa shape index (κ1) is 16.6. The van der Waals surface area contributed by atoms with Gasteiger partial charge in [0.05, 0.1) is 6.42 Å². The van der Waals surface area contributed by atoms with E-state index in [9.17, 15) is 9.59 Å². The summed E-state index contributed by atoms with van der Waals surface area (Å²) in [5.74, 6) is 0.999. The van der Waals surface area contributed by atoms with Crippen molar-refractivity contribution in [1.82, 2.24) is 0 Å². The average molecular weight is 319 g/mol. The summed E-state index contributed by atoms with van der Waals surface area (Å²) in [5.41, 5.74) is 1.90. The van der Waals surface area contributed by atoms with E-state index in [-0.39, 0.29) is 12.3 Å². The first-order chi connectivity index (χ1) is 10.6. The first-order valence-corrected chi connectivity index (χ1v) is 8.64. The van der Waals surface area contributed by atoms with Crippen molar-refractivity contribution >= 4 is 29.3 Å². The van der Waals surface area contributed by atoms with E-state index < -0.39 is 5.97 Å². The van der Waals surface area contributed by atoms with Crippen LogP contribution < -0.4 is 5.32 Å². The number of hydrogen-bond donors (Lipinski definition) is 2. The molecule has 1 aromatic rings. The molecule has 2 N–H and O–H groups in total. The molecule has 0 heterocycles. The van der Waals surface area contributed by atoms with E-state index >= 15 is 0 Å². The zero-order valence-corrected chi connectivity index (χ0v) is 13.3. The Morgan fingerprint density at radius 3 is 2.95 bits per heavy atom. The van der Waals surface area contributed by atoms with Crippen LogP contribution in [0.15, 0.2) is 36.4 Å². The Balaban J connectivity index is 1.78. The number of aliphatic carboxylic acids is 1. The monoisotopic (exact) mass is 319 g/mol. The van der Waals surface area contributed by atoms with Crippen LogP contribution in [-0.4, -0.2) is 22.7 Å². The number of carbonyl (C=O) groups is 2. The Labute approximate surface area is 135 Å². The van der Waals surface area contributed by atoms with Crippen molar-refractivity contribution in [3.8, 4) is 0 Å². The molecule has 2 rings (SSSR count).